The van der Waals surface area contributed by atoms with Gasteiger partial charge in [0.05, 0.1) is 6.54 Å². The first-order valence-electron chi connectivity index (χ1n) is 6.25. The van der Waals surface area contributed by atoms with E-state index in [1.165, 1.54) is 0 Å². The van der Waals surface area contributed by atoms with Crippen LogP contribution in [0, 0.1) is 11.8 Å². The van der Waals surface area contributed by atoms with Gasteiger partial charge in [-0.15, -0.1) is 0 Å². The zero-order valence-corrected chi connectivity index (χ0v) is 12.8. The summed E-state index contributed by atoms with van der Waals surface area (Å²) in [4.78, 5) is 11.7. The molecule has 1 rings (SSSR count). The molecule has 0 spiro atoms. The maximum absolute atomic E-state index is 11.7. The first-order chi connectivity index (χ1) is 8.49. The van der Waals surface area contributed by atoms with Crippen LogP contribution >= 0.6 is 15.9 Å². The van der Waals surface area contributed by atoms with Crippen molar-refractivity contribution in [3.8, 4) is 0 Å². The zero-order chi connectivity index (χ0) is 13.5. The lowest BCUT2D eigenvalue weighted by molar-refractivity contribution is -0.115. The quantitative estimate of drug-likeness (QED) is 0.846. The van der Waals surface area contributed by atoms with Gasteiger partial charge in [0.1, 0.15) is 0 Å². The molecule has 0 aliphatic heterocycles. The second-order valence-electron chi connectivity index (χ2n) is 4.91. The predicted molar refractivity (Wildman–Crippen MR) is 79.6 cm³/mol. The fourth-order valence-corrected chi connectivity index (χ4v) is 1.65. The van der Waals surface area contributed by atoms with Gasteiger partial charge in [0.2, 0.25) is 5.91 Å². The molecule has 0 aromatic heterocycles. The Labute approximate surface area is 117 Å². The van der Waals surface area contributed by atoms with Gasteiger partial charge in [0.25, 0.3) is 0 Å². The Bertz CT molecular complexity index is 376. The van der Waals surface area contributed by atoms with Crippen molar-refractivity contribution in [3.63, 3.8) is 0 Å². The summed E-state index contributed by atoms with van der Waals surface area (Å²) < 4.78 is 1.00. The number of nitrogens with one attached hydrogen (secondary N) is 2. The normalized spacial score (nSPS) is 12.5. The highest BCUT2D eigenvalue weighted by Crippen LogP contribution is 2.13. The molecule has 100 valence electrons. The number of benzene rings is 1. The molecule has 1 amide bonds. The van der Waals surface area contributed by atoms with Crippen molar-refractivity contribution in [1.82, 2.24) is 5.32 Å². The maximum Gasteiger partial charge on any atom is 0.238 e. The van der Waals surface area contributed by atoms with Gasteiger partial charge in [0.15, 0.2) is 0 Å². The molecule has 0 heterocycles. The van der Waals surface area contributed by atoms with E-state index in [1.807, 2.05) is 24.3 Å². The van der Waals surface area contributed by atoms with Crippen LogP contribution in [0.3, 0.4) is 0 Å². The van der Waals surface area contributed by atoms with E-state index in [-0.39, 0.29) is 5.91 Å². The second-order valence-corrected chi connectivity index (χ2v) is 5.82. The molecule has 1 unspecified atom stereocenters. The highest BCUT2D eigenvalue weighted by molar-refractivity contribution is 9.10. The van der Waals surface area contributed by atoms with Crippen LogP contribution in [0.15, 0.2) is 28.7 Å². The molecule has 0 aliphatic carbocycles. The summed E-state index contributed by atoms with van der Waals surface area (Å²) in [7, 11) is 0. The number of amides is 1. The van der Waals surface area contributed by atoms with Crippen LogP contribution in [-0.4, -0.2) is 19.0 Å². The molecule has 0 aliphatic rings. The first kappa shape index (κ1) is 15.2. The minimum atomic E-state index is -0.00622. The minimum Gasteiger partial charge on any atom is -0.325 e. The Morgan fingerprint density at radius 3 is 2.39 bits per heavy atom. The van der Waals surface area contributed by atoms with E-state index in [4.69, 9.17) is 0 Å². The fourth-order valence-electron chi connectivity index (χ4n) is 1.39. The third-order valence-corrected chi connectivity index (χ3v) is 3.55. The van der Waals surface area contributed by atoms with Crippen molar-refractivity contribution in [2.24, 2.45) is 11.8 Å². The zero-order valence-electron chi connectivity index (χ0n) is 11.2. The van der Waals surface area contributed by atoms with Gasteiger partial charge in [-0.05, 0) is 42.6 Å². The van der Waals surface area contributed by atoms with Crippen LogP contribution in [0.1, 0.15) is 20.8 Å². The SMILES string of the molecule is CC(C)C(C)CNCC(=O)Nc1ccc(Br)cc1. The summed E-state index contributed by atoms with van der Waals surface area (Å²) in [5, 5.41) is 6.03. The van der Waals surface area contributed by atoms with Crippen molar-refractivity contribution in [1.29, 1.82) is 0 Å². The van der Waals surface area contributed by atoms with Gasteiger partial charge in [-0.2, -0.15) is 0 Å². The molecule has 0 radical (unpaired) electrons. The molecule has 0 saturated carbocycles. The average molecular weight is 313 g/mol. The van der Waals surface area contributed by atoms with E-state index >= 15 is 0 Å². The molecule has 1 aromatic carbocycles. The fraction of sp³-hybridized carbons (Fsp3) is 0.500. The van der Waals surface area contributed by atoms with E-state index in [0.717, 1.165) is 16.7 Å². The maximum atomic E-state index is 11.7. The molecular formula is C14H21BrN2O. The minimum absolute atomic E-state index is 0.00622. The Morgan fingerprint density at radius 2 is 1.83 bits per heavy atom. The van der Waals surface area contributed by atoms with Crippen molar-refractivity contribution >= 4 is 27.5 Å². The summed E-state index contributed by atoms with van der Waals surface area (Å²) >= 11 is 3.36. The summed E-state index contributed by atoms with van der Waals surface area (Å²) in [6, 6.07) is 7.56. The van der Waals surface area contributed by atoms with E-state index in [9.17, 15) is 4.79 Å². The summed E-state index contributed by atoms with van der Waals surface area (Å²) in [6.07, 6.45) is 0. The number of hydrogen-bond acceptors (Lipinski definition) is 2. The largest absolute Gasteiger partial charge is 0.325 e. The van der Waals surface area contributed by atoms with Crippen LogP contribution in [0.2, 0.25) is 0 Å². The topological polar surface area (TPSA) is 41.1 Å². The van der Waals surface area contributed by atoms with E-state index in [2.05, 4.69) is 47.3 Å². The summed E-state index contributed by atoms with van der Waals surface area (Å²) in [6.45, 7) is 7.78. The number of rotatable bonds is 6. The van der Waals surface area contributed by atoms with Gasteiger partial charge in [-0.25, -0.2) is 0 Å². The first-order valence-corrected chi connectivity index (χ1v) is 7.04. The lowest BCUT2D eigenvalue weighted by atomic mass is 9.98. The highest BCUT2D eigenvalue weighted by atomic mass is 79.9. The number of anilines is 1. The van der Waals surface area contributed by atoms with E-state index in [0.29, 0.717) is 18.4 Å². The van der Waals surface area contributed by atoms with Gasteiger partial charge >= 0.3 is 0 Å². The lowest BCUT2D eigenvalue weighted by Gasteiger charge is -2.15. The van der Waals surface area contributed by atoms with Gasteiger partial charge in [-0.1, -0.05) is 36.7 Å². The summed E-state index contributed by atoms with van der Waals surface area (Å²) in [5.41, 5.74) is 0.821. The Kier molecular flexibility index (Phi) is 6.36. The Hall–Kier alpha value is -0.870. The third-order valence-electron chi connectivity index (χ3n) is 3.02. The van der Waals surface area contributed by atoms with Crippen molar-refractivity contribution < 1.29 is 4.79 Å². The Balaban J connectivity index is 2.27. The smallest absolute Gasteiger partial charge is 0.238 e. The number of carbonyl (C=O) groups excluding carboxylic acids is 1. The molecule has 4 heteroatoms. The molecule has 0 bridgehead atoms. The van der Waals surface area contributed by atoms with Crippen LogP contribution in [0.5, 0.6) is 0 Å². The number of hydrogen-bond donors (Lipinski definition) is 2. The van der Waals surface area contributed by atoms with E-state index in [1.54, 1.807) is 0 Å². The molecule has 3 nitrogen and oxygen atoms in total. The molecule has 0 saturated heterocycles. The molecule has 18 heavy (non-hydrogen) atoms. The Morgan fingerprint density at radius 1 is 1.22 bits per heavy atom. The summed E-state index contributed by atoms with van der Waals surface area (Å²) in [5.74, 6) is 1.20. The van der Waals surface area contributed by atoms with Crippen LogP contribution < -0.4 is 10.6 Å². The second kappa shape index (κ2) is 7.54. The third kappa shape index (κ3) is 5.65. The molecular weight excluding hydrogens is 292 g/mol. The van der Waals surface area contributed by atoms with Gasteiger partial charge in [-0.3, -0.25) is 4.79 Å². The average Bonchev–Trinajstić information content (AvgIpc) is 2.32. The van der Waals surface area contributed by atoms with Gasteiger partial charge < -0.3 is 10.6 Å². The van der Waals surface area contributed by atoms with Gasteiger partial charge in [0, 0.05) is 10.2 Å². The molecule has 2 N–H and O–H groups in total. The number of halogens is 1. The van der Waals surface area contributed by atoms with E-state index < -0.39 is 0 Å². The number of carbonyl (C=O) groups is 1. The van der Waals surface area contributed by atoms with Crippen molar-refractivity contribution in [3.05, 3.63) is 28.7 Å². The highest BCUT2D eigenvalue weighted by Gasteiger charge is 2.07. The van der Waals surface area contributed by atoms with Crippen LogP contribution in [0.4, 0.5) is 5.69 Å². The molecule has 1 atom stereocenters. The predicted octanol–water partition coefficient (Wildman–Crippen LogP) is 3.27. The standard InChI is InChI=1S/C14H21BrN2O/c1-10(2)11(3)8-16-9-14(18)17-13-6-4-12(15)5-7-13/h4-7,10-11,16H,8-9H2,1-3H3,(H,17,18). The van der Waals surface area contributed by atoms with Crippen LogP contribution in [-0.2, 0) is 4.79 Å². The monoisotopic (exact) mass is 312 g/mol. The lowest BCUT2D eigenvalue weighted by Crippen LogP contribution is -2.32. The van der Waals surface area contributed by atoms with Crippen LogP contribution in [0.25, 0.3) is 0 Å². The van der Waals surface area contributed by atoms with Crippen molar-refractivity contribution in [2.45, 2.75) is 20.8 Å². The molecule has 1 aromatic rings. The van der Waals surface area contributed by atoms with Crippen molar-refractivity contribution in [2.75, 3.05) is 18.4 Å². The molecule has 0 fully saturated rings.